The summed E-state index contributed by atoms with van der Waals surface area (Å²) < 4.78 is 5.74. The van der Waals surface area contributed by atoms with Gasteiger partial charge in [0.1, 0.15) is 5.00 Å². The number of fused-ring (bicyclic) bond motifs is 3. The minimum atomic E-state index is -0.980. The van der Waals surface area contributed by atoms with Crippen LogP contribution in [-0.4, -0.2) is 41.1 Å². The van der Waals surface area contributed by atoms with E-state index >= 15 is 0 Å². The molecule has 0 unspecified atom stereocenters. The van der Waals surface area contributed by atoms with E-state index in [2.05, 4.69) is 10.6 Å². The molecule has 0 radical (unpaired) electrons. The van der Waals surface area contributed by atoms with E-state index < -0.39 is 17.8 Å². The maximum Gasteiger partial charge on any atom is 0.310 e. The predicted octanol–water partition coefficient (Wildman–Crippen LogP) is 3.12. The summed E-state index contributed by atoms with van der Waals surface area (Å²) in [6, 6.07) is 0.196. The van der Waals surface area contributed by atoms with Crippen LogP contribution < -0.4 is 10.6 Å². The maximum atomic E-state index is 13.2. The lowest BCUT2D eigenvalue weighted by Gasteiger charge is -2.24. The van der Waals surface area contributed by atoms with Crippen LogP contribution in [0.15, 0.2) is 0 Å². The van der Waals surface area contributed by atoms with E-state index in [1.54, 1.807) is 0 Å². The molecule has 7 nitrogen and oxygen atoms in total. The molecule has 3 N–H and O–H groups in total. The highest BCUT2D eigenvalue weighted by atomic mass is 32.1. The molecule has 1 saturated carbocycles. The Morgan fingerprint density at radius 3 is 2.40 bits per heavy atom. The molecule has 5 rings (SSSR count). The first-order valence-corrected chi connectivity index (χ1v) is 12.0. The Morgan fingerprint density at radius 1 is 0.933 bits per heavy atom. The topological polar surface area (TPSA) is 105 Å². The van der Waals surface area contributed by atoms with E-state index in [4.69, 9.17) is 4.74 Å². The molecular weight excluding hydrogens is 404 g/mol. The lowest BCUT2D eigenvalue weighted by atomic mass is 9.79. The van der Waals surface area contributed by atoms with Gasteiger partial charge in [-0.25, -0.2) is 0 Å². The number of ether oxygens (including phenoxy) is 1. The number of hydrogen-bond acceptors (Lipinski definition) is 5. The summed E-state index contributed by atoms with van der Waals surface area (Å²) >= 11 is 1.47. The summed E-state index contributed by atoms with van der Waals surface area (Å²) in [7, 11) is 0. The summed E-state index contributed by atoms with van der Waals surface area (Å²) in [5.41, 5.74) is 1.66. The van der Waals surface area contributed by atoms with Gasteiger partial charge in [0, 0.05) is 10.9 Å². The normalized spacial score (nSPS) is 30.3. The third-order valence-corrected chi connectivity index (χ3v) is 8.39. The molecule has 4 aliphatic rings. The van der Waals surface area contributed by atoms with Gasteiger partial charge in [0.25, 0.3) is 5.91 Å². The Balaban J connectivity index is 1.37. The molecule has 1 aromatic heterocycles. The van der Waals surface area contributed by atoms with Crippen molar-refractivity contribution in [2.24, 2.45) is 11.8 Å². The third kappa shape index (κ3) is 3.43. The second kappa shape index (κ2) is 7.96. The number of carboxylic acid groups (broad SMARTS) is 1. The zero-order chi connectivity index (χ0) is 20.8. The van der Waals surface area contributed by atoms with Crippen LogP contribution in [0.4, 0.5) is 5.00 Å². The van der Waals surface area contributed by atoms with Gasteiger partial charge in [-0.3, -0.25) is 14.4 Å². The average molecular weight is 433 g/mol. The number of thiophene rings is 1. The highest BCUT2D eigenvalue weighted by Crippen LogP contribution is 2.45. The van der Waals surface area contributed by atoms with Crippen LogP contribution in [0.1, 0.15) is 72.2 Å². The number of anilines is 1. The standard InChI is InChI=1S/C22H28N2O5S/c25-19(23-11-5-2-1-3-6-11)16-12-7-4-8-15(12)30-21(16)24-20(26)17-13-9-10-14(29-13)18(17)22(27)28/h11,13-14,17-18H,1-10H2,(H,23,25)(H,24,26)(H,27,28)/t13-,14-,17+,18-/m1/s1. The van der Waals surface area contributed by atoms with Crippen molar-refractivity contribution in [3.8, 4) is 0 Å². The first-order chi connectivity index (χ1) is 14.5. The minimum Gasteiger partial charge on any atom is -0.481 e. The molecule has 2 aliphatic carbocycles. The van der Waals surface area contributed by atoms with Crippen LogP contribution in [0.2, 0.25) is 0 Å². The van der Waals surface area contributed by atoms with Crippen LogP contribution in [-0.2, 0) is 27.2 Å². The van der Waals surface area contributed by atoms with Crippen LogP contribution in [0.5, 0.6) is 0 Å². The fourth-order valence-corrected chi connectivity index (χ4v) is 7.05. The average Bonchev–Trinajstić information content (AvgIpc) is 3.48. The van der Waals surface area contributed by atoms with Crippen molar-refractivity contribution in [3.05, 3.63) is 16.0 Å². The Labute approximate surface area is 179 Å². The second-order valence-electron chi connectivity index (χ2n) is 9.04. The van der Waals surface area contributed by atoms with E-state index in [-0.39, 0.29) is 30.1 Å². The van der Waals surface area contributed by atoms with Crippen molar-refractivity contribution in [2.45, 2.75) is 82.5 Å². The lowest BCUT2D eigenvalue weighted by molar-refractivity contribution is -0.147. The molecule has 2 aliphatic heterocycles. The van der Waals surface area contributed by atoms with Gasteiger partial charge in [-0.1, -0.05) is 19.3 Å². The van der Waals surface area contributed by atoms with Crippen molar-refractivity contribution in [1.29, 1.82) is 0 Å². The molecule has 3 fully saturated rings. The summed E-state index contributed by atoms with van der Waals surface area (Å²) in [5.74, 6) is -2.93. The SMILES string of the molecule is O=C(NC1CCCCC1)c1c(NC(=O)[C@@H]2[C@H](C(=O)O)[C@H]3CC[C@H]2O3)sc2c1CCC2. The molecular formula is C22H28N2O5S. The van der Waals surface area contributed by atoms with Gasteiger partial charge in [-0.2, -0.15) is 0 Å². The number of carboxylic acids is 1. The van der Waals surface area contributed by atoms with Crippen LogP contribution in [0, 0.1) is 11.8 Å². The van der Waals surface area contributed by atoms with Crippen LogP contribution >= 0.6 is 11.3 Å². The quantitative estimate of drug-likeness (QED) is 0.663. The van der Waals surface area contributed by atoms with E-state index in [9.17, 15) is 19.5 Å². The predicted molar refractivity (Wildman–Crippen MR) is 112 cm³/mol. The van der Waals surface area contributed by atoms with Crippen molar-refractivity contribution < 1.29 is 24.2 Å². The highest BCUT2D eigenvalue weighted by Gasteiger charge is 2.55. The molecule has 2 amide bonds. The zero-order valence-electron chi connectivity index (χ0n) is 16.9. The molecule has 30 heavy (non-hydrogen) atoms. The molecule has 162 valence electrons. The van der Waals surface area contributed by atoms with E-state index in [0.717, 1.165) is 55.4 Å². The number of nitrogens with one attached hydrogen (secondary N) is 2. The highest BCUT2D eigenvalue weighted by molar-refractivity contribution is 7.17. The van der Waals surface area contributed by atoms with Gasteiger partial charge in [-0.15, -0.1) is 11.3 Å². The number of carbonyl (C=O) groups is 3. The van der Waals surface area contributed by atoms with E-state index in [0.29, 0.717) is 23.4 Å². The Morgan fingerprint density at radius 2 is 1.67 bits per heavy atom. The summed E-state index contributed by atoms with van der Waals surface area (Å²) in [6.45, 7) is 0. The smallest absolute Gasteiger partial charge is 0.310 e. The van der Waals surface area contributed by atoms with Crippen molar-refractivity contribution in [2.75, 3.05) is 5.32 Å². The number of aliphatic carboxylic acids is 1. The zero-order valence-corrected chi connectivity index (χ0v) is 17.8. The Bertz CT molecular complexity index is 875. The van der Waals surface area contributed by atoms with Gasteiger partial charge < -0.3 is 20.5 Å². The van der Waals surface area contributed by atoms with E-state index in [1.807, 2.05) is 0 Å². The van der Waals surface area contributed by atoms with Gasteiger partial charge >= 0.3 is 5.97 Å². The third-order valence-electron chi connectivity index (χ3n) is 7.19. The first kappa shape index (κ1) is 20.0. The van der Waals surface area contributed by atoms with Crippen LogP contribution in [0.3, 0.4) is 0 Å². The molecule has 3 heterocycles. The Hall–Kier alpha value is -1.93. The molecule has 1 aromatic rings. The van der Waals surface area contributed by atoms with Gasteiger partial charge in [0.05, 0.1) is 29.6 Å². The number of hydrogen-bond donors (Lipinski definition) is 3. The molecule has 2 saturated heterocycles. The molecule has 0 aromatic carbocycles. The maximum absolute atomic E-state index is 13.2. The van der Waals surface area contributed by atoms with Crippen molar-refractivity contribution >= 4 is 34.1 Å². The fraction of sp³-hybridized carbons (Fsp3) is 0.682. The van der Waals surface area contributed by atoms with Gasteiger partial charge in [0.15, 0.2) is 0 Å². The number of aryl methyl sites for hydroxylation is 1. The van der Waals surface area contributed by atoms with E-state index in [1.165, 1.54) is 17.8 Å². The lowest BCUT2D eigenvalue weighted by Crippen LogP contribution is -2.41. The van der Waals surface area contributed by atoms with Crippen molar-refractivity contribution in [1.82, 2.24) is 5.32 Å². The Kier molecular flexibility index (Phi) is 5.31. The monoisotopic (exact) mass is 432 g/mol. The summed E-state index contributed by atoms with van der Waals surface area (Å²) in [4.78, 5) is 39.2. The molecule has 0 spiro atoms. The van der Waals surface area contributed by atoms with Gasteiger partial charge in [0.2, 0.25) is 5.91 Å². The molecule has 8 heteroatoms. The largest absolute Gasteiger partial charge is 0.481 e. The van der Waals surface area contributed by atoms with Crippen LogP contribution in [0.25, 0.3) is 0 Å². The molecule has 2 bridgehead atoms. The number of carbonyl (C=O) groups excluding carboxylic acids is 2. The summed E-state index contributed by atoms with van der Waals surface area (Å²) in [5, 5.41) is 16.3. The number of amides is 2. The second-order valence-corrected chi connectivity index (χ2v) is 10.1. The summed E-state index contributed by atoms with van der Waals surface area (Å²) in [6.07, 6.45) is 8.97. The fourth-order valence-electron chi connectivity index (χ4n) is 5.76. The number of rotatable bonds is 5. The first-order valence-electron chi connectivity index (χ1n) is 11.2. The minimum absolute atomic E-state index is 0.101. The van der Waals surface area contributed by atoms with Crippen molar-refractivity contribution in [3.63, 3.8) is 0 Å². The van der Waals surface area contributed by atoms with Gasteiger partial charge in [-0.05, 0) is 50.5 Å². The molecule has 4 atom stereocenters.